The van der Waals surface area contributed by atoms with Gasteiger partial charge in [-0.1, -0.05) is 13.3 Å². The average Bonchev–Trinajstić information content (AvgIpc) is 2.86. The zero-order chi connectivity index (χ0) is 13.0. The lowest BCUT2D eigenvalue weighted by molar-refractivity contribution is -0.402. The van der Waals surface area contributed by atoms with Gasteiger partial charge < -0.3 is 9.73 Å². The Morgan fingerprint density at radius 1 is 1.50 bits per heavy atom. The molecule has 1 aromatic heterocycles. The van der Waals surface area contributed by atoms with Crippen LogP contribution in [0.5, 0.6) is 0 Å². The topological polar surface area (TPSA) is 71.5 Å². The fourth-order valence-electron chi connectivity index (χ4n) is 2.39. The van der Waals surface area contributed by atoms with Gasteiger partial charge in [-0.15, -0.1) is 0 Å². The molecule has 1 aliphatic rings. The number of rotatable bonds is 5. The standard InChI is InChI=1S/C12H19N3O3/c1-2-3-10(14-8-6-13-7-9-14)11-4-5-12(18-11)15(16)17/h4-5,10,13H,2-3,6-9H2,1H3/t10-/m1/s1. The molecule has 1 aromatic rings. The highest BCUT2D eigenvalue weighted by atomic mass is 16.6. The number of furan rings is 1. The van der Waals surface area contributed by atoms with Crippen LogP contribution in [0.1, 0.15) is 31.6 Å². The first-order valence-electron chi connectivity index (χ1n) is 6.41. The van der Waals surface area contributed by atoms with Crippen LogP contribution in [0.2, 0.25) is 0 Å². The molecule has 1 atom stereocenters. The average molecular weight is 253 g/mol. The van der Waals surface area contributed by atoms with E-state index >= 15 is 0 Å². The molecule has 0 aliphatic carbocycles. The second-order valence-corrected chi connectivity index (χ2v) is 4.52. The van der Waals surface area contributed by atoms with E-state index in [1.807, 2.05) is 0 Å². The Labute approximate surface area is 106 Å². The molecule has 100 valence electrons. The van der Waals surface area contributed by atoms with E-state index in [9.17, 15) is 10.1 Å². The first kappa shape index (κ1) is 13.0. The van der Waals surface area contributed by atoms with Gasteiger partial charge in [-0.3, -0.25) is 15.0 Å². The maximum Gasteiger partial charge on any atom is 0.433 e. The zero-order valence-electron chi connectivity index (χ0n) is 10.6. The van der Waals surface area contributed by atoms with E-state index in [-0.39, 0.29) is 11.9 Å². The van der Waals surface area contributed by atoms with Crippen LogP contribution in [0.15, 0.2) is 16.5 Å². The maximum absolute atomic E-state index is 10.7. The van der Waals surface area contributed by atoms with Crippen molar-refractivity contribution in [1.82, 2.24) is 10.2 Å². The van der Waals surface area contributed by atoms with Crippen molar-refractivity contribution < 1.29 is 9.34 Å². The van der Waals surface area contributed by atoms with Crippen molar-refractivity contribution in [2.24, 2.45) is 0 Å². The second-order valence-electron chi connectivity index (χ2n) is 4.52. The van der Waals surface area contributed by atoms with Crippen molar-refractivity contribution in [2.45, 2.75) is 25.8 Å². The van der Waals surface area contributed by atoms with E-state index in [2.05, 4.69) is 17.1 Å². The molecular formula is C12H19N3O3. The van der Waals surface area contributed by atoms with E-state index in [1.165, 1.54) is 6.07 Å². The summed E-state index contributed by atoms with van der Waals surface area (Å²) in [4.78, 5) is 12.5. The minimum atomic E-state index is -0.482. The predicted octanol–water partition coefficient (Wildman–Crippen LogP) is 1.93. The maximum atomic E-state index is 10.7. The van der Waals surface area contributed by atoms with Crippen LogP contribution in [0, 0.1) is 10.1 Å². The summed E-state index contributed by atoms with van der Waals surface area (Å²) in [5, 5.41) is 14.0. The van der Waals surface area contributed by atoms with Crippen LogP contribution in [-0.2, 0) is 0 Å². The minimum absolute atomic E-state index is 0.158. The van der Waals surface area contributed by atoms with Crippen LogP contribution in [0.25, 0.3) is 0 Å². The Morgan fingerprint density at radius 3 is 2.78 bits per heavy atom. The molecule has 1 aliphatic heterocycles. The Balaban J connectivity index is 2.14. The third-order valence-electron chi connectivity index (χ3n) is 3.28. The lowest BCUT2D eigenvalue weighted by Gasteiger charge is -2.33. The molecular weight excluding hydrogens is 234 g/mol. The third-order valence-corrected chi connectivity index (χ3v) is 3.28. The fourth-order valence-corrected chi connectivity index (χ4v) is 2.39. The summed E-state index contributed by atoms with van der Waals surface area (Å²) in [5.41, 5.74) is 0. The molecule has 6 nitrogen and oxygen atoms in total. The molecule has 0 spiro atoms. The fraction of sp³-hybridized carbons (Fsp3) is 0.667. The van der Waals surface area contributed by atoms with Crippen LogP contribution in [-0.4, -0.2) is 36.0 Å². The van der Waals surface area contributed by atoms with E-state index < -0.39 is 4.92 Å². The van der Waals surface area contributed by atoms with Crippen molar-refractivity contribution in [2.75, 3.05) is 26.2 Å². The monoisotopic (exact) mass is 253 g/mol. The molecule has 0 bridgehead atoms. The van der Waals surface area contributed by atoms with Crippen LogP contribution in [0.4, 0.5) is 5.88 Å². The molecule has 0 unspecified atom stereocenters. The van der Waals surface area contributed by atoms with Gasteiger partial charge in [0, 0.05) is 26.2 Å². The minimum Gasteiger partial charge on any atom is -0.404 e. The highest BCUT2D eigenvalue weighted by molar-refractivity contribution is 5.20. The first-order valence-corrected chi connectivity index (χ1v) is 6.41. The SMILES string of the molecule is CCC[C@H](c1ccc([N+](=O)[O-])o1)N1CCNCC1. The summed E-state index contributed by atoms with van der Waals surface area (Å²) in [6.45, 7) is 5.96. The van der Waals surface area contributed by atoms with Gasteiger partial charge in [-0.2, -0.15) is 0 Å². The lowest BCUT2D eigenvalue weighted by atomic mass is 10.1. The molecule has 1 fully saturated rings. The number of hydrogen-bond donors (Lipinski definition) is 1. The second kappa shape index (κ2) is 5.97. The van der Waals surface area contributed by atoms with E-state index in [4.69, 9.17) is 4.42 Å². The Kier molecular flexibility index (Phi) is 4.33. The molecule has 1 N–H and O–H groups in total. The molecule has 0 aromatic carbocycles. The largest absolute Gasteiger partial charge is 0.433 e. The molecule has 2 rings (SSSR count). The third kappa shape index (κ3) is 2.88. The van der Waals surface area contributed by atoms with Crippen LogP contribution in [0.3, 0.4) is 0 Å². The predicted molar refractivity (Wildman–Crippen MR) is 67.5 cm³/mol. The van der Waals surface area contributed by atoms with Gasteiger partial charge in [0.2, 0.25) is 0 Å². The number of nitrogens with zero attached hydrogens (tertiary/aromatic N) is 2. The smallest absolute Gasteiger partial charge is 0.404 e. The van der Waals surface area contributed by atoms with Gasteiger partial charge >= 0.3 is 5.88 Å². The van der Waals surface area contributed by atoms with E-state index in [1.54, 1.807) is 6.07 Å². The van der Waals surface area contributed by atoms with Crippen molar-refractivity contribution >= 4 is 5.88 Å². The number of nitrogens with one attached hydrogen (secondary N) is 1. The Morgan fingerprint density at radius 2 is 2.22 bits per heavy atom. The zero-order valence-corrected chi connectivity index (χ0v) is 10.6. The highest BCUT2D eigenvalue weighted by Gasteiger charge is 2.25. The summed E-state index contributed by atoms with van der Waals surface area (Å²) >= 11 is 0. The molecule has 18 heavy (non-hydrogen) atoms. The van der Waals surface area contributed by atoms with Crippen LogP contribution >= 0.6 is 0 Å². The molecule has 0 saturated carbocycles. The lowest BCUT2D eigenvalue weighted by Crippen LogP contribution is -2.45. The summed E-state index contributed by atoms with van der Waals surface area (Å²) < 4.78 is 5.35. The summed E-state index contributed by atoms with van der Waals surface area (Å²) in [6.07, 6.45) is 1.99. The number of nitro groups is 1. The molecule has 0 amide bonds. The summed E-state index contributed by atoms with van der Waals surface area (Å²) in [6, 6.07) is 3.34. The Hall–Kier alpha value is -1.40. The van der Waals surface area contributed by atoms with Gasteiger partial charge in [-0.25, -0.2) is 0 Å². The highest BCUT2D eigenvalue weighted by Crippen LogP contribution is 2.29. The Bertz CT molecular complexity index is 399. The van der Waals surface area contributed by atoms with Crippen molar-refractivity contribution in [3.63, 3.8) is 0 Å². The molecule has 2 heterocycles. The summed E-state index contributed by atoms with van der Waals surface area (Å²) in [5.74, 6) is 0.548. The number of piperazine rings is 1. The van der Waals surface area contributed by atoms with Gasteiger partial charge in [-0.05, 0) is 12.5 Å². The molecule has 6 heteroatoms. The summed E-state index contributed by atoms with van der Waals surface area (Å²) in [7, 11) is 0. The van der Waals surface area contributed by atoms with Gasteiger partial charge in [0.25, 0.3) is 0 Å². The van der Waals surface area contributed by atoms with Crippen LogP contribution < -0.4 is 5.32 Å². The molecule has 1 saturated heterocycles. The van der Waals surface area contributed by atoms with Gasteiger partial charge in [0.05, 0.1) is 12.1 Å². The van der Waals surface area contributed by atoms with Gasteiger partial charge in [0.15, 0.2) is 0 Å². The van der Waals surface area contributed by atoms with Gasteiger partial charge in [0.1, 0.15) is 10.7 Å². The van der Waals surface area contributed by atoms with Crippen molar-refractivity contribution in [1.29, 1.82) is 0 Å². The van der Waals surface area contributed by atoms with Crippen molar-refractivity contribution in [3.8, 4) is 0 Å². The molecule has 0 radical (unpaired) electrons. The van der Waals surface area contributed by atoms with E-state index in [0.717, 1.165) is 39.0 Å². The normalized spacial score (nSPS) is 18.7. The number of hydrogen-bond acceptors (Lipinski definition) is 5. The first-order chi connectivity index (χ1) is 8.72. The van der Waals surface area contributed by atoms with E-state index in [0.29, 0.717) is 5.76 Å². The quantitative estimate of drug-likeness (QED) is 0.641. The van der Waals surface area contributed by atoms with Crippen molar-refractivity contribution in [3.05, 3.63) is 28.0 Å².